The van der Waals surface area contributed by atoms with E-state index < -0.39 is 11.7 Å². The zero-order valence-corrected chi connectivity index (χ0v) is 10.2. The molecule has 1 amide bonds. The standard InChI is InChI=1S/C14H12FNO3/c1-19-12-8-4-5-9(13(12)17)14(18)16-11-7-3-2-6-10(11)15/h2-8,17H,1H3,(H,16,18). The van der Waals surface area contributed by atoms with Crippen LogP contribution in [-0.2, 0) is 0 Å². The summed E-state index contributed by atoms with van der Waals surface area (Å²) in [6.07, 6.45) is 0. The number of hydrogen-bond acceptors (Lipinski definition) is 3. The number of halogens is 1. The molecule has 0 spiro atoms. The predicted octanol–water partition coefficient (Wildman–Crippen LogP) is 2.79. The average Bonchev–Trinajstić information content (AvgIpc) is 2.41. The van der Waals surface area contributed by atoms with E-state index in [0.717, 1.165) is 0 Å². The number of nitrogens with one attached hydrogen (secondary N) is 1. The molecule has 4 nitrogen and oxygen atoms in total. The summed E-state index contributed by atoms with van der Waals surface area (Å²) in [5, 5.41) is 12.2. The molecule has 0 heterocycles. The SMILES string of the molecule is COc1cccc(C(=O)Nc2ccccc2F)c1O. The third kappa shape index (κ3) is 2.65. The third-order valence-electron chi connectivity index (χ3n) is 2.59. The molecule has 0 unspecified atom stereocenters. The van der Waals surface area contributed by atoms with E-state index in [-0.39, 0.29) is 22.7 Å². The number of para-hydroxylation sites is 2. The van der Waals surface area contributed by atoms with Crippen molar-refractivity contribution in [1.82, 2.24) is 0 Å². The minimum absolute atomic E-state index is 0.0163. The van der Waals surface area contributed by atoms with Crippen LogP contribution in [0.25, 0.3) is 0 Å². The fourth-order valence-corrected chi connectivity index (χ4v) is 1.62. The first kappa shape index (κ1) is 12.9. The highest BCUT2D eigenvalue weighted by Crippen LogP contribution is 2.30. The fourth-order valence-electron chi connectivity index (χ4n) is 1.62. The van der Waals surface area contributed by atoms with Crippen LogP contribution in [0.2, 0.25) is 0 Å². The molecule has 0 aliphatic rings. The Balaban J connectivity index is 2.28. The second kappa shape index (κ2) is 5.39. The molecule has 0 aliphatic carbocycles. The summed E-state index contributed by atoms with van der Waals surface area (Å²) in [6, 6.07) is 10.3. The first-order chi connectivity index (χ1) is 9.13. The maximum absolute atomic E-state index is 13.4. The minimum Gasteiger partial charge on any atom is -0.504 e. The summed E-state index contributed by atoms with van der Waals surface area (Å²) in [4.78, 5) is 12.0. The zero-order valence-electron chi connectivity index (χ0n) is 10.2. The lowest BCUT2D eigenvalue weighted by Crippen LogP contribution is -2.13. The number of methoxy groups -OCH3 is 1. The molecule has 2 N–H and O–H groups in total. The van der Waals surface area contributed by atoms with E-state index in [2.05, 4.69) is 5.32 Å². The summed E-state index contributed by atoms with van der Waals surface area (Å²) >= 11 is 0. The van der Waals surface area contributed by atoms with E-state index in [9.17, 15) is 14.3 Å². The molecule has 0 saturated carbocycles. The number of benzene rings is 2. The molecular formula is C14H12FNO3. The predicted molar refractivity (Wildman–Crippen MR) is 69.0 cm³/mol. The van der Waals surface area contributed by atoms with Gasteiger partial charge in [0.05, 0.1) is 18.4 Å². The summed E-state index contributed by atoms with van der Waals surface area (Å²) < 4.78 is 18.3. The van der Waals surface area contributed by atoms with Gasteiger partial charge in [-0.05, 0) is 24.3 Å². The quantitative estimate of drug-likeness (QED) is 0.893. The largest absolute Gasteiger partial charge is 0.504 e. The summed E-state index contributed by atoms with van der Waals surface area (Å²) in [6.45, 7) is 0. The Morgan fingerprint density at radius 2 is 1.95 bits per heavy atom. The van der Waals surface area contributed by atoms with E-state index in [4.69, 9.17) is 4.74 Å². The summed E-state index contributed by atoms with van der Waals surface area (Å²) in [5.41, 5.74) is 0.0670. The molecule has 2 aromatic carbocycles. The molecule has 0 aliphatic heterocycles. The van der Waals surface area contributed by atoms with Gasteiger partial charge in [-0.15, -0.1) is 0 Å². The number of phenols is 1. The van der Waals surface area contributed by atoms with Crippen LogP contribution in [-0.4, -0.2) is 18.1 Å². The Bertz CT molecular complexity index is 613. The maximum Gasteiger partial charge on any atom is 0.259 e. The van der Waals surface area contributed by atoms with Crippen LogP contribution in [0, 0.1) is 5.82 Å². The van der Waals surface area contributed by atoms with Gasteiger partial charge in [0.2, 0.25) is 0 Å². The highest BCUT2D eigenvalue weighted by Gasteiger charge is 2.15. The lowest BCUT2D eigenvalue weighted by Gasteiger charge is -2.09. The molecule has 98 valence electrons. The minimum atomic E-state index is -0.610. The van der Waals surface area contributed by atoms with E-state index in [1.54, 1.807) is 12.1 Å². The highest BCUT2D eigenvalue weighted by molar-refractivity contribution is 6.06. The highest BCUT2D eigenvalue weighted by atomic mass is 19.1. The number of anilines is 1. The van der Waals surface area contributed by atoms with Crippen LogP contribution < -0.4 is 10.1 Å². The van der Waals surface area contributed by atoms with Gasteiger partial charge in [-0.25, -0.2) is 4.39 Å². The van der Waals surface area contributed by atoms with Crippen molar-refractivity contribution in [1.29, 1.82) is 0 Å². The number of carbonyl (C=O) groups is 1. The Morgan fingerprint density at radius 3 is 2.63 bits per heavy atom. The van der Waals surface area contributed by atoms with Gasteiger partial charge in [0, 0.05) is 0 Å². The van der Waals surface area contributed by atoms with Crippen LogP contribution in [0.15, 0.2) is 42.5 Å². The molecule has 0 saturated heterocycles. The first-order valence-corrected chi connectivity index (χ1v) is 5.55. The van der Waals surface area contributed by atoms with Crippen LogP contribution in [0.1, 0.15) is 10.4 Å². The molecule has 5 heteroatoms. The number of aromatic hydroxyl groups is 1. The van der Waals surface area contributed by atoms with Gasteiger partial charge in [-0.2, -0.15) is 0 Å². The van der Waals surface area contributed by atoms with Gasteiger partial charge in [0.15, 0.2) is 11.5 Å². The molecule has 2 rings (SSSR count). The Labute approximate surface area is 109 Å². The number of hydrogen-bond donors (Lipinski definition) is 2. The molecule has 19 heavy (non-hydrogen) atoms. The molecule has 2 aromatic rings. The van der Waals surface area contributed by atoms with Crippen molar-refractivity contribution in [2.45, 2.75) is 0 Å². The van der Waals surface area contributed by atoms with Crippen LogP contribution >= 0.6 is 0 Å². The smallest absolute Gasteiger partial charge is 0.259 e. The number of rotatable bonds is 3. The Hall–Kier alpha value is -2.56. The van der Waals surface area contributed by atoms with Crippen molar-refractivity contribution >= 4 is 11.6 Å². The van der Waals surface area contributed by atoms with Crippen molar-refractivity contribution in [2.75, 3.05) is 12.4 Å². The Kier molecular flexibility index (Phi) is 3.66. The van der Waals surface area contributed by atoms with Crippen molar-refractivity contribution in [3.63, 3.8) is 0 Å². The summed E-state index contributed by atoms with van der Waals surface area (Å²) in [5.74, 6) is -1.25. The van der Waals surface area contributed by atoms with E-state index in [0.29, 0.717) is 0 Å². The van der Waals surface area contributed by atoms with Crippen molar-refractivity contribution < 1.29 is 19.0 Å². The lowest BCUT2D eigenvalue weighted by molar-refractivity contribution is 0.102. The number of carbonyl (C=O) groups excluding carboxylic acids is 1. The monoisotopic (exact) mass is 261 g/mol. The Morgan fingerprint density at radius 1 is 1.21 bits per heavy atom. The second-order valence-electron chi connectivity index (χ2n) is 3.79. The molecule has 0 bridgehead atoms. The average molecular weight is 261 g/mol. The zero-order chi connectivity index (χ0) is 13.8. The van der Waals surface area contributed by atoms with Gasteiger partial charge < -0.3 is 15.2 Å². The van der Waals surface area contributed by atoms with Crippen molar-refractivity contribution in [3.05, 3.63) is 53.8 Å². The van der Waals surface area contributed by atoms with Gasteiger partial charge in [0.1, 0.15) is 5.82 Å². The molecule has 0 aromatic heterocycles. The summed E-state index contributed by atoms with van der Waals surface area (Å²) in [7, 11) is 1.38. The fraction of sp³-hybridized carbons (Fsp3) is 0.0714. The van der Waals surface area contributed by atoms with E-state index >= 15 is 0 Å². The number of amides is 1. The van der Waals surface area contributed by atoms with Gasteiger partial charge in [-0.1, -0.05) is 18.2 Å². The van der Waals surface area contributed by atoms with E-state index in [1.807, 2.05) is 0 Å². The maximum atomic E-state index is 13.4. The van der Waals surface area contributed by atoms with Gasteiger partial charge in [-0.3, -0.25) is 4.79 Å². The first-order valence-electron chi connectivity index (χ1n) is 5.55. The van der Waals surface area contributed by atoms with Crippen molar-refractivity contribution in [3.8, 4) is 11.5 Å². The van der Waals surface area contributed by atoms with Crippen LogP contribution in [0.4, 0.5) is 10.1 Å². The number of phenolic OH excluding ortho intramolecular Hbond substituents is 1. The van der Waals surface area contributed by atoms with E-state index in [1.165, 1.54) is 37.4 Å². The number of ether oxygens (including phenoxy) is 1. The van der Waals surface area contributed by atoms with Gasteiger partial charge >= 0.3 is 0 Å². The van der Waals surface area contributed by atoms with Crippen molar-refractivity contribution in [2.24, 2.45) is 0 Å². The third-order valence-corrected chi connectivity index (χ3v) is 2.59. The van der Waals surface area contributed by atoms with Crippen LogP contribution in [0.3, 0.4) is 0 Å². The van der Waals surface area contributed by atoms with Gasteiger partial charge in [0.25, 0.3) is 5.91 Å². The molecule has 0 fully saturated rings. The lowest BCUT2D eigenvalue weighted by atomic mass is 10.1. The topological polar surface area (TPSA) is 58.6 Å². The molecule has 0 radical (unpaired) electrons. The molecule has 0 atom stereocenters. The van der Waals surface area contributed by atoms with Crippen LogP contribution in [0.5, 0.6) is 11.5 Å². The normalized spacial score (nSPS) is 10.0. The second-order valence-corrected chi connectivity index (χ2v) is 3.79. The molecular weight excluding hydrogens is 249 g/mol.